The minimum atomic E-state index is -0.0382. The quantitative estimate of drug-likeness (QED) is 0.624. The molecule has 0 aromatic heterocycles. The second kappa shape index (κ2) is 7.60. The van der Waals surface area contributed by atoms with Gasteiger partial charge in [0.05, 0.1) is 6.10 Å². The molecule has 0 spiro atoms. The van der Waals surface area contributed by atoms with E-state index in [4.69, 9.17) is 0 Å². The van der Waals surface area contributed by atoms with Crippen LogP contribution in [0.2, 0.25) is 0 Å². The van der Waals surface area contributed by atoms with Gasteiger partial charge < -0.3 is 5.11 Å². The van der Waals surface area contributed by atoms with E-state index in [9.17, 15) is 5.11 Å². The fourth-order valence-corrected chi connectivity index (χ4v) is 1.35. The van der Waals surface area contributed by atoms with Crippen LogP contribution in [0.1, 0.15) is 59.3 Å². The van der Waals surface area contributed by atoms with Crippen molar-refractivity contribution in [2.45, 2.75) is 65.4 Å². The molecule has 12 heavy (non-hydrogen) atoms. The highest BCUT2D eigenvalue weighted by Gasteiger charge is 2.03. The van der Waals surface area contributed by atoms with Gasteiger partial charge in [-0.25, -0.2) is 0 Å². The van der Waals surface area contributed by atoms with Gasteiger partial charge in [-0.05, 0) is 18.8 Å². The van der Waals surface area contributed by atoms with E-state index < -0.39 is 0 Å². The summed E-state index contributed by atoms with van der Waals surface area (Å²) in [6.07, 6.45) is 6.76. The number of unbranched alkanes of at least 4 members (excludes halogenated alkanes) is 1. The fourth-order valence-electron chi connectivity index (χ4n) is 1.35. The molecule has 1 unspecified atom stereocenters. The van der Waals surface area contributed by atoms with Crippen molar-refractivity contribution < 1.29 is 5.11 Å². The molecule has 0 fully saturated rings. The predicted octanol–water partition coefficient (Wildman–Crippen LogP) is 3.36. The first-order valence-electron chi connectivity index (χ1n) is 5.34. The van der Waals surface area contributed by atoms with Gasteiger partial charge in [0.1, 0.15) is 0 Å². The van der Waals surface area contributed by atoms with Crippen molar-refractivity contribution in [2.24, 2.45) is 5.92 Å². The van der Waals surface area contributed by atoms with Crippen molar-refractivity contribution in [3.8, 4) is 0 Å². The molecule has 74 valence electrons. The van der Waals surface area contributed by atoms with Crippen LogP contribution in [0.3, 0.4) is 0 Å². The summed E-state index contributed by atoms with van der Waals surface area (Å²) in [6.45, 7) is 6.64. The van der Waals surface area contributed by atoms with Crippen molar-refractivity contribution in [3.05, 3.63) is 0 Å². The predicted molar refractivity (Wildman–Crippen MR) is 54.2 cm³/mol. The van der Waals surface area contributed by atoms with Gasteiger partial charge in [0, 0.05) is 0 Å². The number of hydrogen-bond acceptors (Lipinski definition) is 1. The van der Waals surface area contributed by atoms with E-state index in [1.54, 1.807) is 0 Å². The summed E-state index contributed by atoms with van der Waals surface area (Å²) in [4.78, 5) is 0. The monoisotopic (exact) mass is 172 g/mol. The molecule has 0 radical (unpaired) electrons. The topological polar surface area (TPSA) is 20.2 Å². The lowest BCUT2D eigenvalue weighted by molar-refractivity contribution is 0.147. The van der Waals surface area contributed by atoms with Crippen LogP contribution in [0.4, 0.5) is 0 Å². The summed E-state index contributed by atoms with van der Waals surface area (Å²) in [5.74, 6) is 0.781. The summed E-state index contributed by atoms with van der Waals surface area (Å²) in [5.41, 5.74) is 0. The SMILES string of the molecule is CCCCC(O)CCCC(C)C. The zero-order chi connectivity index (χ0) is 9.40. The second-order valence-electron chi connectivity index (χ2n) is 4.12. The lowest BCUT2D eigenvalue weighted by Crippen LogP contribution is -2.06. The van der Waals surface area contributed by atoms with E-state index in [1.165, 1.54) is 25.7 Å². The number of rotatable bonds is 7. The van der Waals surface area contributed by atoms with Crippen LogP contribution >= 0.6 is 0 Å². The first-order chi connectivity index (χ1) is 5.66. The molecule has 0 aromatic rings. The van der Waals surface area contributed by atoms with Crippen LogP contribution in [-0.4, -0.2) is 11.2 Å². The fraction of sp³-hybridized carbons (Fsp3) is 1.00. The Balaban J connectivity index is 3.13. The highest BCUT2D eigenvalue weighted by molar-refractivity contribution is 4.56. The Bertz CT molecular complexity index is 89.0. The van der Waals surface area contributed by atoms with E-state index in [2.05, 4.69) is 20.8 Å². The lowest BCUT2D eigenvalue weighted by atomic mass is 10.0. The third-order valence-electron chi connectivity index (χ3n) is 2.21. The standard InChI is InChI=1S/C11H24O/c1-4-5-8-11(12)9-6-7-10(2)3/h10-12H,4-9H2,1-3H3. The molecule has 0 aliphatic rings. The molecular formula is C11H24O. The highest BCUT2D eigenvalue weighted by Crippen LogP contribution is 2.11. The van der Waals surface area contributed by atoms with Crippen LogP contribution in [0, 0.1) is 5.92 Å². The van der Waals surface area contributed by atoms with Gasteiger partial charge in [-0.2, -0.15) is 0 Å². The summed E-state index contributed by atoms with van der Waals surface area (Å²) in [7, 11) is 0. The molecule has 0 saturated heterocycles. The maximum absolute atomic E-state index is 9.49. The third-order valence-corrected chi connectivity index (χ3v) is 2.21. The first-order valence-corrected chi connectivity index (χ1v) is 5.34. The third kappa shape index (κ3) is 8.06. The van der Waals surface area contributed by atoms with E-state index in [0.717, 1.165) is 18.8 Å². The van der Waals surface area contributed by atoms with Crippen molar-refractivity contribution >= 4 is 0 Å². The number of hydrogen-bond donors (Lipinski definition) is 1. The van der Waals surface area contributed by atoms with Crippen molar-refractivity contribution in [1.82, 2.24) is 0 Å². The average Bonchev–Trinajstić information content (AvgIpc) is 2.00. The molecule has 1 N–H and O–H groups in total. The van der Waals surface area contributed by atoms with Crippen LogP contribution in [0.15, 0.2) is 0 Å². The molecule has 0 aromatic carbocycles. The molecular weight excluding hydrogens is 148 g/mol. The maximum Gasteiger partial charge on any atom is 0.0540 e. The van der Waals surface area contributed by atoms with Gasteiger partial charge in [-0.1, -0.05) is 46.5 Å². The lowest BCUT2D eigenvalue weighted by Gasteiger charge is -2.10. The molecule has 1 atom stereocenters. The first kappa shape index (κ1) is 12.0. The Morgan fingerprint density at radius 2 is 1.58 bits per heavy atom. The van der Waals surface area contributed by atoms with Gasteiger partial charge in [0.2, 0.25) is 0 Å². The smallest absolute Gasteiger partial charge is 0.0540 e. The van der Waals surface area contributed by atoms with Gasteiger partial charge in [0.15, 0.2) is 0 Å². The summed E-state index contributed by atoms with van der Waals surface area (Å²) < 4.78 is 0. The molecule has 1 heteroatoms. The Kier molecular flexibility index (Phi) is 7.58. The molecule has 0 saturated carbocycles. The van der Waals surface area contributed by atoms with Crippen LogP contribution in [-0.2, 0) is 0 Å². The molecule has 0 aliphatic heterocycles. The average molecular weight is 172 g/mol. The Morgan fingerprint density at radius 1 is 1.00 bits per heavy atom. The summed E-state index contributed by atoms with van der Waals surface area (Å²) in [6, 6.07) is 0. The minimum absolute atomic E-state index is 0.0382. The van der Waals surface area contributed by atoms with Gasteiger partial charge in [0.25, 0.3) is 0 Å². The zero-order valence-electron chi connectivity index (χ0n) is 8.84. The molecule has 0 heterocycles. The minimum Gasteiger partial charge on any atom is -0.393 e. The molecule has 0 bridgehead atoms. The maximum atomic E-state index is 9.49. The van der Waals surface area contributed by atoms with Crippen molar-refractivity contribution in [1.29, 1.82) is 0 Å². The van der Waals surface area contributed by atoms with Crippen molar-refractivity contribution in [2.75, 3.05) is 0 Å². The Hall–Kier alpha value is -0.0400. The Labute approximate surface area is 77.2 Å². The van der Waals surface area contributed by atoms with Crippen LogP contribution in [0.5, 0.6) is 0 Å². The molecule has 0 amide bonds. The van der Waals surface area contributed by atoms with Gasteiger partial charge in [-0.3, -0.25) is 0 Å². The highest BCUT2D eigenvalue weighted by atomic mass is 16.3. The zero-order valence-corrected chi connectivity index (χ0v) is 8.84. The molecule has 1 nitrogen and oxygen atoms in total. The summed E-state index contributed by atoms with van der Waals surface area (Å²) >= 11 is 0. The molecule has 0 rings (SSSR count). The number of aliphatic hydroxyl groups is 1. The summed E-state index contributed by atoms with van der Waals surface area (Å²) in [5, 5.41) is 9.49. The van der Waals surface area contributed by atoms with E-state index in [1.807, 2.05) is 0 Å². The number of aliphatic hydroxyl groups excluding tert-OH is 1. The van der Waals surface area contributed by atoms with E-state index in [0.29, 0.717) is 0 Å². The van der Waals surface area contributed by atoms with Crippen molar-refractivity contribution in [3.63, 3.8) is 0 Å². The van der Waals surface area contributed by atoms with Crippen LogP contribution < -0.4 is 0 Å². The van der Waals surface area contributed by atoms with Crippen LogP contribution in [0.25, 0.3) is 0 Å². The van der Waals surface area contributed by atoms with Gasteiger partial charge >= 0.3 is 0 Å². The molecule has 0 aliphatic carbocycles. The largest absolute Gasteiger partial charge is 0.393 e. The second-order valence-corrected chi connectivity index (χ2v) is 4.12. The van der Waals surface area contributed by atoms with E-state index in [-0.39, 0.29) is 6.10 Å². The van der Waals surface area contributed by atoms with E-state index >= 15 is 0 Å². The Morgan fingerprint density at radius 3 is 2.08 bits per heavy atom. The normalized spacial score (nSPS) is 13.8. The van der Waals surface area contributed by atoms with Gasteiger partial charge in [-0.15, -0.1) is 0 Å².